The molecular formula is C19H24N2O6. The molecule has 0 amide bonds. The molecule has 0 aromatic heterocycles. The van der Waals surface area contributed by atoms with Crippen molar-refractivity contribution in [3.8, 4) is 0 Å². The average molecular weight is 376 g/mol. The summed E-state index contributed by atoms with van der Waals surface area (Å²) in [4.78, 5) is 28.4. The van der Waals surface area contributed by atoms with E-state index in [2.05, 4.69) is 11.0 Å². The Balaban J connectivity index is 1.97. The fraction of sp³-hybridized carbons (Fsp3) is 0.474. The summed E-state index contributed by atoms with van der Waals surface area (Å²) in [5.74, 6) is -1.21. The van der Waals surface area contributed by atoms with E-state index >= 15 is 0 Å². The number of rotatable bonds is 4. The van der Waals surface area contributed by atoms with Crippen LogP contribution in [0, 0.1) is 6.92 Å². The predicted molar refractivity (Wildman–Crippen MR) is 98.6 cm³/mol. The zero-order chi connectivity index (χ0) is 19.4. The van der Waals surface area contributed by atoms with Crippen molar-refractivity contribution < 1.29 is 28.5 Å². The van der Waals surface area contributed by atoms with Crippen LogP contribution in [0.5, 0.6) is 0 Å². The van der Waals surface area contributed by atoms with E-state index in [1.807, 2.05) is 19.1 Å². The van der Waals surface area contributed by atoms with Gasteiger partial charge in [-0.3, -0.25) is 0 Å². The molecule has 1 fully saturated rings. The van der Waals surface area contributed by atoms with E-state index in [0.29, 0.717) is 13.2 Å². The molecule has 0 N–H and O–H groups in total. The van der Waals surface area contributed by atoms with Crippen LogP contribution < -0.4 is 9.80 Å². The Morgan fingerprint density at radius 3 is 2.37 bits per heavy atom. The first-order chi connectivity index (χ1) is 13.1. The summed E-state index contributed by atoms with van der Waals surface area (Å²) in [6, 6.07) is 5.98. The Morgan fingerprint density at radius 2 is 1.74 bits per heavy atom. The van der Waals surface area contributed by atoms with Crippen molar-refractivity contribution in [2.45, 2.75) is 6.92 Å². The van der Waals surface area contributed by atoms with Gasteiger partial charge in [0.2, 0.25) is 0 Å². The van der Waals surface area contributed by atoms with Crippen molar-refractivity contribution in [2.75, 3.05) is 63.7 Å². The van der Waals surface area contributed by atoms with Gasteiger partial charge in [0.15, 0.2) is 0 Å². The van der Waals surface area contributed by atoms with Gasteiger partial charge in [0.05, 0.1) is 39.6 Å². The fourth-order valence-corrected chi connectivity index (χ4v) is 3.29. The van der Waals surface area contributed by atoms with Crippen LogP contribution >= 0.6 is 0 Å². The fourth-order valence-electron chi connectivity index (χ4n) is 3.29. The minimum atomic E-state index is -0.609. The molecule has 27 heavy (non-hydrogen) atoms. The molecule has 0 atom stereocenters. The van der Waals surface area contributed by atoms with Crippen molar-refractivity contribution >= 4 is 23.3 Å². The molecule has 0 unspecified atom stereocenters. The van der Waals surface area contributed by atoms with Crippen LogP contribution in [0.15, 0.2) is 29.5 Å². The van der Waals surface area contributed by atoms with Crippen LogP contribution in [0.2, 0.25) is 0 Å². The van der Waals surface area contributed by atoms with Crippen LogP contribution in [0.3, 0.4) is 0 Å². The first-order valence-corrected chi connectivity index (χ1v) is 8.75. The molecular weight excluding hydrogens is 352 g/mol. The van der Waals surface area contributed by atoms with Crippen molar-refractivity contribution in [1.82, 2.24) is 0 Å². The Hall–Kier alpha value is -2.58. The van der Waals surface area contributed by atoms with E-state index in [1.165, 1.54) is 14.2 Å². The number of aryl methyl sites for hydroxylation is 1. The van der Waals surface area contributed by atoms with Crippen LogP contribution in [0.1, 0.15) is 5.56 Å². The average Bonchev–Trinajstić information content (AvgIpc) is 2.72. The SMILES string of the molecule is COC(=O)C1=C(C(=O)OC)N(c2ccc(N3CCOCC3)cc2C)COC1. The summed E-state index contributed by atoms with van der Waals surface area (Å²) < 4.78 is 20.6. The third-order valence-corrected chi connectivity index (χ3v) is 4.68. The number of esters is 2. The largest absolute Gasteiger partial charge is 0.466 e. The Morgan fingerprint density at radius 1 is 1.04 bits per heavy atom. The van der Waals surface area contributed by atoms with Crippen LogP contribution in [-0.2, 0) is 28.5 Å². The number of carbonyl (C=O) groups excluding carboxylic acids is 2. The summed E-state index contributed by atoms with van der Waals surface area (Å²) in [7, 11) is 2.55. The van der Waals surface area contributed by atoms with E-state index in [4.69, 9.17) is 18.9 Å². The molecule has 0 saturated carbocycles. The summed E-state index contributed by atoms with van der Waals surface area (Å²) in [5.41, 5.74) is 3.11. The van der Waals surface area contributed by atoms with Gasteiger partial charge in [-0.25, -0.2) is 9.59 Å². The molecule has 1 aromatic carbocycles. The summed E-state index contributed by atoms with van der Waals surface area (Å²) in [5, 5.41) is 0. The minimum absolute atomic E-state index is 0.00147. The first kappa shape index (κ1) is 19.2. The highest BCUT2D eigenvalue weighted by Gasteiger charge is 2.33. The van der Waals surface area contributed by atoms with Crippen LogP contribution in [0.4, 0.5) is 11.4 Å². The lowest BCUT2D eigenvalue weighted by molar-refractivity contribution is -0.140. The second-order valence-corrected chi connectivity index (χ2v) is 6.29. The number of morpholine rings is 1. The third kappa shape index (κ3) is 3.91. The lowest BCUT2D eigenvalue weighted by atomic mass is 10.1. The van der Waals surface area contributed by atoms with Gasteiger partial charge in [-0.2, -0.15) is 0 Å². The molecule has 8 heteroatoms. The van der Waals surface area contributed by atoms with E-state index in [9.17, 15) is 9.59 Å². The highest BCUT2D eigenvalue weighted by atomic mass is 16.5. The molecule has 2 heterocycles. The topological polar surface area (TPSA) is 77.5 Å². The number of nitrogens with zero attached hydrogens (tertiary/aromatic N) is 2. The second kappa shape index (κ2) is 8.41. The predicted octanol–water partition coefficient (Wildman–Crippen LogP) is 1.23. The minimum Gasteiger partial charge on any atom is -0.466 e. The van der Waals surface area contributed by atoms with Gasteiger partial charge < -0.3 is 28.7 Å². The molecule has 0 aliphatic carbocycles. The summed E-state index contributed by atoms with van der Waals surface area (Å²) in [6.45, 7) is 5.19. The van der Waals surface area contributed by atoms with Crippen molar-refractivity contribution in [3.63, 3.8) is 0 Å². The van der Waals surface area contributed by atoms with Gasteiger partial charge in [-0.05, 0) is 30.7 Å². The number of ether oxygens (including phenoxy) is 4. The zero-order valence-electron chi connectivity index (χ0n) is 15.8. The van der Waals surface area contributed by atoms with Gasteiger partial charge in [-0.15, -0.1) is 0 Å². The standard InChI is InChI=1S/C19H24N2O6/c1-13-10-14(20-6-8-26-9-7-20)4-5-16(13)21-12-27-11-15(18(22)24-2)17(21)19(23)25-3/h4-5,10H,6-9,11-12H2,1-3H3. The zero-order valence-corrected chi connectivity index (χ0v) is 15.8. The van der Waals surface area contributed by atoms with Gasteiger partial charge >= 0.3 is 11.9 Å². The molecule has 1 aromatic rings. The highest BCUT2D eigenvalue weighted by molar-refractivity contribution is 6.03. The number of hydrogen-bond acceptors (Lipinski definition) is 8. The van der Waals surface area contributed by atoms with Crippen LogP contribution in [0.25, 0.3) is 0 Å². The number of benzene rings is 1. The lowest BCUT2D eigenvalue weighted by Crippen LogP contribution is -2.39. The van der Waals surface area contributed by atoms with Gasteiger partial charge in [0.1, 0.15) is 12.4 Å². The molecule has 1 saturated heterocycles. The maximum absolute atomic E-state index is 12.4. The smallest absolute Gasteiger partial charge is 0.355 e. The van der Waals surface area contributed by atoms with E-state index < -0.39 is 11.9 Å². The van der Waals surface area contributed by atoms with Gasteiger partial charge in [0, 0.05) is 24.5 Å². The first-order valence-electron chi connectivity index (χ1n) is 8.75. The van der Waals surface area contributed by atoms with Gasteiger partial charge in [0.25, 0.3) is 0 Å². The number of hydrogen-bond donors (Lipinski definition) is 0. The Bertz CT molecular complexity index is 755. The lowest BCUT2D eigenvalue weighted by Gasteiger charge is -2.33. The second-order valence-electron chi connectivity index (χ2n) is 6.29. The molecule has 146 valence electrons. The summed E-state index contributed by atoms with van der Waals surface area (Å²) >= 11 is 0. The molecule has 2 aliphatic heterocycles. The molecule has 3 rings (SSSR count). The highest BCUT2D eigenvalue weighted by Crippen LogP contribution is 2.32. The maximum Gasteiger partial charge on any atom is 0.355 e. The Labute approximate surface area is 158 Å². The van der Waals surface area contributed by atoms with Crippen molar-refractivity contribution in [2.24, 2.45) is 0 Å². The molecule has 0 spiro atoms. The Kier molecular flexibility index (Phi) is 5.98. The number of carbonyl (C=O) groups is 2. The van der Waals surface area contributed by atoms with E-state index in [0.717, 1.165) is 30.0 Å². The van der Waals surface area contributed by atoms with Gasteiger partial charge in [-0.1, -0.05) is 0 Å². The van der Waals surface area contributed by atoms with Crippen molar-refractivity contribution in [3.05, 3.63) is 35.0 Å². The third-order valence-electron chi connectivity index (χ3n) is 4.68. The molecule has 0 bridgehead atoms. The number of methoxy groups -OCH3 is 2. The molecule has 0 radical (unpaired) electrons. The number of anilines is 2. The normalized spacial score (nSPS) is 17.7. The monoisotopic (exact) mass is 376 g/mol. The van der Waals surface area contributed by atoms with Crippen molar-refractivity contribution in [1.29, 1.82) is 0 Å². The maximum atomic E-state index is 12.4. The molecule has 8 nitrogen and oxygen atoms in total. The van der Waals surface area contributed by atoms with E-state index in [1.54, 1.807) is 4.90 Å². The van der Waals surface area contributed by atoms with E-state index in [-0.39, 0.29) is 24.6 Å². The van der Waals surface area contributed by atoms with Crippen LogP contribution in [-0.4, -0.2) is 65.8 Å². The summed E-state index contributed by atoms with van der Waals surface area (Å²) in [6.07, 6.45) is 0. The quantitative estimate of drug-likeness (QED) is 0.726. The molecule has 2 aliphatic rings.